The van der Waals surface area contributed by atoms with Crippen LogP contribution in [0.3, 0.4) is 0 Å². The monoisotopic (exact) mass is 311 g/mol. The topological polar surface area (TPSA) is 55.4 Å². The summed E-state index contributed by atoms with van der Waals surface area (Å²) < 4.78 is 31.5. The fourth-order valence-electron chi connectivity index (χ4n) is 3.51. The minimum absolute atomic E-state index is 0.0350. The molecule has 0 heterocycles. The van der Waals surface area contributed by atoms with Crippen LogP contribution in [0.5, 0.6) is 5.75 Å². The highest BCUT2D eigenvalue weighted by molar-refractivity contribution is 7.92. The fraction of sp³-hybridized carbons (Fsp3) is 0.625. The lowest BCUT2D eigenvalue weighted by Gasteiger charge is -2.43. The van der Waals surface area contributed by atoms with E-state index >= 15 is 0 Å². The summed E-state index contributed by atoms with van der Waals surface area (Å²) >= 11 is 0. The number of para-hydroxylation sites is 1. The van der Waals surface area contributed by atoms with Crippen molar-refractivity contribution in [3.8, 4) is 5.75 Å². The van der Waals surface area contributed by atoms with Crippen molar-refractivity contribution >= 4 is 9.84 Å². The molecule has 5 heteroatoms. The van der Waals surface area contributed by atoms with Crippen molar-refractivity contribution in [2.24, 2.45) is 5.41 Å². The first kappa shape index (κ1) is 16.3. The molecule has 2 unspecified atom stereocenters. The third-order valence-corrected chi connectivity index (χ3v) is 6.86. The van der Waals surface area contributed by atoms with E-state index in [1.54, 1.807) is 24.3 Å². The minimum atomic E-state index is -3.42. The van der Waals surface area contributed by atoms with Crippen molar-refractivity contribution in [3.05, 3.63) is 24.3 Å². The largest absolute Gasteiger partial charge is 0.495 e. The molecule has 4 nitrogen and oxygen atoms in total. The first-order valence-corrected chi connectivity index (χ1v) is 8.93. The number of hydrogen-bond acceptors (Lipinski definition) is 4. The van der Waals surface area contributed by atoms with Gasteiger partial charge in [-0.3, -0.25) is 0 Å². The van der Waals surface area contributed by atoms with Crippen molar-refractivity contribution in [1.82, 2.24) is 5.32 Å². The lowest BCUT2D eigenvalue weighted by Crippen LogP contribution is -2.54. The Hall–Kier alpha value is -1.07. The van der Waals surface area contributed by atoms with E-state index < -0.39 is 15.1 Å². The summed E-state index contributed by atoms with van der Waals surface area (Å²) in [7, 11) is -0.0663. The predicted molar refractivity (Wildman–Crippen MR) is 84.4 cm³/mol. The molecular weight excluding hydrogens is 286 g/mol. The third-order valence-electron chi connectivity index (χ3n) is 4.61. The molecule has 1 aliphatic carbocycles. The number of sulfone groups is 1. The van der Waals surface area contributed by atoms with Gasteiger partial charge in [0.1, 0.15) is 10.6 Å². The Kier molecular flexibility index (Phi) is 4.63. The zero-order valence-corrected chi connectivity index (χ0v) is 14.0. The maximum absolute atomic E-state index is 13.1. The Labute approximate surface area is 127 Å². The van der Waals surface area contributed by atoms with E-state index in [1.807, 2.05) is 7.05 Å². The van der Waals surface area contributed by atoms with Crippen LogP contribution in [0.2, 0.25) is 0 Å². The van der Waals surface area contributed by atoms with Crippen LogP contribution < -0.4 is 10.1 Å². The van der Waals surface area contributed by atoms with Crippen LogP contribution in [0.4, 0.5) is 0 Å². The molecule has 1 aromatic carbocycles. The average Bonchev–Trinajstić information content (AvgIpc) is 2.45. The van der Waals surface area contributed by atoms with Gasteiger partial charge in [0.05, 0.1) is 12.4 Å². The molecule has 0 saturated heterocycles. The molecule has 118 valence electrons. The second kappa shape index (κ2) is 5.97. The van der Waals surface area contributed by atoms with Gasteiger partial charge in [-0.15, -0.1) is 0 Å². The molecule has 0 radical (unpaired) electrons. The van der Waals surface area contributed by atoms with Crippen LogP contribution in [0.25, 0.3) is 0 Å². The molecule has 2 atom stereocenters. The van der Waals surface area contributed by atoms with Gasteiger partial charge < -0.3 is 10.1 Å². The van der Waals surface area contributed by atoms with Crippen LogP contribution in [0.15, 0.2) is 29.2 Å². The Morgan fingerprint density at radius 2 is 1.95 bits per heavy atom. The highest BCUT2D eigenvalue weighted by Crippen LogP contribution is 2.41. The summed E-state index contributed by atoms with van der Waals surface area (Å²) in [6.45, 7) is 4.27. The lowest BCUT2D eigenvalue weighted by atomic mass is 9.73. The maximum Gasteiger partial charge on any atom is 0.186 e. The molecule has 1 aliphatic rings. The quantitative estimate of drug-likeness (QED) is 0.929. The summed E-state index contributed by atoms with van der Waals surface area (Å²) in [4.78, 5) is 0.301. The fourth-order valence-corrected chi connectivity index (χ4v) is 5.88. The van der Waals surface area contributed by atoms with Crippen molar-refractivity contribution in [3.63, 3.8) is 0 Å². The normalized spacial score (nSPS) is 25.5. The number of ether oxygens (including phenoxy) is 1. The summed E-state index contributed by atoms with van der Waals surface area (Å²) in [6, 6.07) is 6.83. The van der Waals surface area contributed by atoms with Gasteiger partial charge >= 0.3 is 0 Å². The van der Waals surface area contributed by atoms with E-state index in [-0.39, 0.29) is 11.5 Å². The van der Waals surface area contributed by atoms with Gasteiger partial charge in [0.15, 0.2) is 9.84 Å². The number of nitrogens with one attached hydrogen (secondary N) is 1. The summed E-state index contributed by atoms with van der Waals surface area (Å²) in [5, 5.41) is 2.82. The summed E-state index contributed by atoms with van der Waals surface area (Å²) in [6.07, 6.45) is 2.66. The zero-order chi connectivity index (χ0) is 15.7. The second-order valence-electron chi connectivity index (χ2n) is 6.38. The molecule has 0 aliphatic heterocycles. The van der Waals surface area contributed by atoms with Gasteiger partial charge in [0, 0.05) is 6.04 Å². The number of benzene rings is 1. The molecule has 1 saturated carbocycles. The Bertz CT molecular complexity index is 595. The Morgan fingerprint density at radius 1 is 1.29 bits per heavy atom. The van der Waals surface area contributed by atoms with E-state index in [0.717, 1.165) is 12.8 Å². The summed E-state index contributed by atoms with van der Waals surface area (Å²) in [5.41, 5.74) is -0.0350. The van der Waals surface area contributed by atoms with Crippen LogP contribution >= 0.6 is 0 Å². The molecule has 0 amide bonds. The van der Waals surface area contributed by atoms with Gasteiger partial charge in [-0.1, -0.05) is 32.4 Å². The van der Waals surface area contributed by atoms with Crippen molar-refractivity contribution in [2.75, 3.05) is 14.2 Å². The number of hydrogen-bond donors (Lipinski definition) is 1. The van der Waals surface area contributed by atoms with Gasteiger partial charge in [0.2, 0.25) is 0 Å². The van der Waals surface area contributed by atoms with Gasteiger partial charge in [-0.2, -0.15) is 0 Å². The van der Waals surface area contributed by atoms with Gasteiger partial charge in [-0.05, 0) is 37.4 Å². The minimum Gasteiger partial charge on any atom is -0.495 e. The van der Waals surface area contributed by atoms with Crippen molar-refractivity contribution in [2.45, 2.75) is 49.3 Å². The third kappa shape index (κ3) is 2.94. The summed E-state index contributed by atoms with van der Waals surface area (Å²) in [5.74, 6) is 0.427. The van der Waals surface area contributed by atoms with Crippen LogP contribution in [-0.2, 0) is 9.84 Å². The van der Waals surface area contributed by atoms with E-state index in [0.29, 0.717) is 17.1 Å². The second-order valence-corrected chi connectivity index (χ2v) is 8.52. The molecule has 0 bridgehead atoms. The SMILES string of the molecule is CNC1C(S(=O)(=O)c2ccccc2OC)CCCC1(C)C. The standard InChI is InChI=1S/C16H25NO3S/c1-16(2)11-7-10-14(15(16)17-3)21(18,19)13-9-6-5-8-12(13)20-4/h5-6,8-9,14-15,17H,7,10-11H2,1-4H3. The molecule has 1 N–H and O–H groups in total. The molecule has 0 aromatic heterocycles. The van der Waals surface area contributed by atoms with E-state index in [9.17, 15) is 8.42 Å². The maximum atomic E-state index is 13.1. The number of methoxy groups -OCH3 is 1. The van der Waals surface area contributed by atoms with E-state index in [1.165, 1.54) is 7.11 Å². The molecule has 0 spiro atoms. The van der Waals surface area contributed by atoms with Gasteiger partial charge in [-0.25, -0.2) is 8.42 Å². The first-order chi connectivity index (χ1) is 9.84. The number of rotatable bonds is 4. The molecule has 2 rings (SSSR count). The van der Waals surface area contributed by atoms with Crippen molar-refractivity contribution < 1.29 is 13.2 Å². The average molecular weight is 311 g/mol. The first-order valence-electron chi connectivity index (χ1n) is 7.39. The van der Waals surface area contributed by atoms with E-state index in [2.05, 4.69) is 19.2 Å². The van der Waals surface area contributed by atoms with Crippen LogP contribution in [-0.4, -0.2) is 33.9 Å². The Morgan fingerprint density at radius 3 is 2.57 bits per heavy atom. The zero-order valence-electron chi connectivity index (χ0n) is 13.2. The predicted octanol–water partition coefficient (Wildman–Crippen LogP) is 2.64. The molecule has 1 fully saturated rings. The van der Waals surface area contributed by atoms with Crippen molar-refractivity contribution in [1.29, 1.82) is 0 Å². The highest BCUT2D eigenvalue weighted by Gasteiger charge is 2.45. The van der Waals surface area contributed by atoms with Crippen LogP contribution in [0, 0.1) is 5.41 Å². The smallest absolute Gasteiger partial charge is 0.186 e. The Balaban J connectivity index is 2.47. The highest BCUT2D eigenvalue weighted by atomic mass is 32.2. The lowest BCUT2D eigenvalue weighted by molar-refractivity contribution is 0.178. The van der Waals surface area contributed by atoms with Crippen LogP contribution in [0.1, 0.15) is 33.1 Å². The molecular formula is C16H25NO3S. The molecule has 21 heavy (non-hydrogen) atoms. The van der Waals surface area contributed by atoms with E-state index in [4.69, 9.17) is 4.74 Å². The molecule has 1 aromatic rings. The van der Waals surface area contributed by atoms with Gasteiger partial charge in [0.25, 0.3) is 0 Å².